The number of ether oxygens (including phenoxy) is 3. The van der Waals surface area contributed by atoms with Crippen LogP contribution < -0.4 is 14.8 Å². The van der Waals surface area contributed by atoms with Crippen LogP contribution in [0.1, 0.15) is 38.2 Å². The fourth-order valence-corrected chi connectivity index (χ4v) is 2.92. The Morgan fingerprint density at radius 2 is 1.87 bits per heavy atom. The summed E-state index contributed by atoms with van der Waals surface area (Å²) in [6.07, 6.45) is 0.0765. The van der Waals surface area contributed by atoms with Crippen molar-refractivity contribution in [3.05, 3.63) is 48.0 Å². The van der Waals surface area contributed by atoms with Gasteiger partial charge in [0.25, 0.3) is 5.91 Å². The van der Waals surface area contributed by atoms with Crippen LogP contribution in [0.5, 0.6) is 17.2 Å². The Balaban J connectivity index is 2.04. The van der Waals surface area contributed by atoms with Gasteiger partial charge in [0.1, 0.15) is 29.8 Å². The van der Waals surface area contributed by atoms with Crippen LogP contribution in [0.4, 0.5) is 4.39 Å². The van der Waals surface area contributed by atoms with Crippen LogP contribution in [0.25, 0.3) is 0 Å². The van der Waals surface area contributed by atoms with Crippen LogP contribution in [-0.2, 0) is 9.53 Å². The van der Waals surface area contributed by atoms with Crippen molar-refractivity contribution < 1.29 is 33.3 Å². The number of nitrogens with one attached hydrogen (secondary N) is 1. The minimum absolute atomic E-state index is 0.0820. The van der Waals surface area contributed by atoms with Gasteiger partial charge in [0.15, 0.2) is 17.2 Å². The number of rotatable bonds is 9. The van der Waals surface area contributed by atoms with Crippen molar-refractivity contribution >= 4 is 11.9 Å². The third kappa shape index (κ3) is 6.31. The molecule has 0 bridgehead atoms. The van der Waals surface area contributed by atoms with Crippen molar-refractivity contribution in [2.45, 2.75) is 45.9 Å². The van der Waals surface area contributed by atoms with Crippen molar-refractivity contribution in [2.24, 2.45) is 5.92 Å². The summed E-state index contributed by atoms with van der Waals surface area (Å²) < 4.78 is 29.6. The summed E-state index contributed by atoms with van der Waals surface area (Å²) in [5.41, 5.74) is -0.276. The lowest BCUT2D eigenvalue weighted by molar-refractivity contribution is -0.158. The van der Waals surface area contributed by atoms with Gasteiger partial charge in [-0.3, -0.25) is 4.79 Å². The zero-order chi connectivity index (χ0) is 23.1. The van der Waals surface area contributed by atoms with Crippen LogP contribution in [0.15, 0.2) is 36.5 Å². The van der Waals surface area contributed by atoms with Gasteiger partial charge < -0.3 is 24.6 Å². The minimum Gasteiger partial charge on any atom is -0.503 e. The Morgan fingerprint density at radius 3 is 2.48 bits per heavy atom. The van der Waals surface area contributed by atoms with Crippen molar-refractivity contribution in [2.75, 3.05) is 7.11 Å². The maximum atomic E-state index is 13.4. The molecule has 8 nitrogen and oxygen atoms in total. The lowest BCUT2D eigenvalue weighted by Gasteiger charge is -2.29. The number of benzene rings is 1. The molecule has 0 saturated carbocycles. The number of esters is 1. The van der Waals surface area contributed by atoms with E-state index < -0.39 is 41.7 Å². The Hall–Kier alpha value is -3.36. The highest BCUT2D eigenvalue weighted by molar-refractivity contribution is 5.97. The van der Waals surface area contributed by atoms with Gasteiger partial charge in [0.2, 0.25) is 0 Å². The molecule has 1 aromatic carbocycles. The first kappa shape index (κ1) is 23.9. The largest absolute Gasteiger partial charge is 0.503 e. The molecule has 1 amide bonds. The molecule has 2 rings (SSSR count). The van der Waals surface area contributed by atoms with Gasteiger partial charge in [-0.05, 0) is 31.9 Å². The molecule has 9 heteroatoms. The molecule has 168 valence electrons. The van der Waals surface area contributed by atoms with Crippen LogP contribution in [0.3, 0.4) is 0 Å². The summed E-state index contributed by atoms with van der Waals surface area (Å²) in [7, 11) is 1.34. The maximum absolute atomic E-state index is 13.4. The van der Waals surface area contributed by atoms with E-state index in [2.05, 4.69) is 10.3 Å². The Labute approximate surface area is 180 Å². The molecule has 0 spiro atoms. The smallest absolute Gasteiger partial charge is 0.328 e. The first-order valence-electron chi connectivity index (χ1n) is 9.79. The van der Waals surface area contributed by atoms with Gasteiger partial charge in [-0.15, -0.1) is 0 Å². The van der Waals surface area contributed by atoms with Gasteiger partial charge >= 0.3 is 5.97 Å². The van der Waals surface area contributed by atoms with E-state index in [1.54, 1.807) is 13.0 Å². The van der Waals surface area contributed by atoms with Crippen molar-refractivity contribution in [1.29, 1.82) is 0 Å². The average molecular weight is 434 g/mol. The van der Waals surface area contributed by atoms with Gasteiger partial charge in [-0.2, -0.15) is 0 Å². The summed E-state index contributed by atoms with van der Waals surface area (Å²) in [6.45, 7) is 6.87. The van der Waals surface area contributed by atoms with E-state index in [0.717, 1.165) is 0 Å². The first-order valence-corrected chi connectivity index (χ1v) is 9.79. The predicted molar refractivity (Wildman–Crippen MR) is 111 cm³/mol. The summed E-state index contributed by atoms with van der Waals surface area (Å²) in [5.74, 6) is -2.03. The number of methoxy groups -OCH3 is 1. The first-order chi connectivity index (χ1) is 14.6. The van der Waals surface area contributed by atoms with E-state index in [9.17, 15) is 19.1 Å². The SMILES string of the molecule is COc1ccnc(C(=O)N[C@@H](C)C(=O)O[C@H](C(C)C)[C@H](C)Oc2cccc(F)c2)c1O. The maximum Gasteiger partial charge on any atom is 0.328 e. The minimum atomic E-state index is -1.03. The second kappa shape index (κ2) is 10.6. The van der Waals surface area contributed by atoms with E-state index in [4.69, 9.17) is 14.2 Å². The molecule has 0 unspecified atom stereocenters. The number of pyridine rings is 1. The summed E-state index contributed by atoms with van der Waals surface area (Å²) in [6, 6.07) is 6.05. The highest BCUT2D eigenvalue weighted by atomic mass is 19.1. The van der Waals surface area contributed by atoms with Crippen molar-refractivity contribution in [3.63, 3.8) is 0 Å². The molecular formula is C22H27FN2O6. The number of halogens is 1. The zero-order valence-corrected chi connectivity index (χ0v) is 18.1. The number of amides is 1. The molecule has 0 saturated heterocycles. The Bertz CT molecular complexity index is 921. The topological polar surface area (TPSA) is 107 Å². The molecule has 3 atom stereocenters. The molecule has 2 aromatic rings. The van der Waals surface area contributed by atoms with Gasteiger partial charge in [0.05, 0.1) is 7.11 Å². The third-order valence-electron chi connectivity index (χ3n) is 4.51. The molecule has 0 radical (unpaired) electrons. The number of nitrogens with zero attached hydrogens (tertiary/aromatic N) is 1. The molecule has 2 N–H and O–H groups in total. The number of aromatic hydroxyl groups is 1. The molecule has 0 aliphatic heterocycles. The van der Waals surface area contributed by atoms with Gasteiger partial charge in [0, 0.05) is 18.3 Å². The van der Waals surface area contributed by atoms with Crippen LogP contribution in [0.2, 0.25) is 0 Å². The predicted octanol–water partition coefficient (Wildman–Crippen LogP) is 3.09. The summed E-state index contributed by atoms with van der Waals surface area (Å²) in [5, 5.41) is 12.5. The van der Waals surface area contributed by atoms with Gasteiger partial charge in [-0.1, -0.05) is 19.9 Å². The summed E-state index contributed by atoms with van der Waals surface area (Å²) >= 11 is 0. The lowest BCUT2D eigenvalue weighted by atomic mass is 10.0. The number of carbonyl (C=O) groups is 2. The number of carbonyl (C=O) groups excluding carboxylic acids is 2. The molecule has 0 aliphatic carbocycles. The number of hydrogen-bond donors (Lipinski definition) is 2. The highest BCUT2D eigenvalue weighted by Crippen LogP contribution is 2.27. The fourth-order valence-electron chi connectivity index (χ4n) is 2.92. The van der Waals surface area contributed by atoms with Crippen LogP contribution >= 0.6 is 0 Å². The number of aromatic nitrogens is 1. The van der Waals surface area contributed by atoms with Crippen LogP contribution in [-0.4, -0.2) is 47.3 Å². The van der Waals surface area contributed by atoms with Crippen molar-refractivity contribution in [1.82, 2.24) is 10.3 Å². The van der Waals surface area contributed by atoms with E-state index in [1.165, 1.54) is 44.5 Å². The Morgan fingerprint density at radius 1 is 1.16 bits per heavy atom. The van der Waals surface area contributed by atoms with Gasteiger partial charge in [-0.25, -0.2) is 14.2 Å². The second-order valence-electron chi connectivity index (χ2n) is 7.33. The van der Waals surface area contributed by atoms with Crippen LogP contribution in [0, 0.1) is 11.7 Å². The lowest BCUT2D eigenvalue weighted by Crippen LogP contribution is -2.45. The highest BCUT2D eigenvalue weighted by Gasteiger charge is 2.30. The fraction of sp³-hybridized carbons (Fsp3) is 0.409. The quantitative estimate of drug-likeness (QED) is 0.584. The monoisotopic (exact) mass is 434 g/mol. The van der Waals surface area contributed by atoms with E-state index in [1.807, 2.05) is 13.8 Å². The molecular weight excluding hydrogens is 407 g/mol. The summed E-state index contributed by atoms with van der Waals surface area (Å²) in [4.78, 5) is 28.8. The van der Waals surface area contributed by atoms with E-state index >= 15 is 0 Å². The standard InChI is InChI=1S/C22H27FN2O6/c1-12(2)20(14(4)30-16-8-6-7-15(23)11-16)31-22(28)13(3)25-21(27)18-19(26)17(29-5)9-10-24-18/h6-14,20,26H,1-5H3,(H,25,27)/t13-,14-,20+/m0/s1. The molecule has 0 aliphatic rings. The molecule has 31 heavy (non-hydrogen) atoms. The Kier molecular flexibility index (Phi) is 8.18. The average Bonchev–Trinajstić information content (AvgIpc) is 2.71. The third-order valence-corrected chi connectivity index (χ3v) is 4.51. The van der Waals surface area contributed by atoms with E-state index in [0.29, 0.717) is 5.75 Å². The molecule has 1 aromatic heterocycles. The zero-order valence-electron chi connectivity index (χ0n) is 18.1. The van der Waals surface area contributed by atoms with E-state index in [-0.39, 0.29) is 17.4 Å². The molecule has 0 fully saturated rings. The number of hydrogen-bond acceptors (Lipinski definition) is 7. The molecule has 1 heterocycles. The normalized spacial score (nSPS) is 13.8. The second-order valence-corrected chi connectivity index (χ2v) is 7.33. The van der Waals surface area contributed by atoms with Crippen molar-refractivity contribution in [3.8, 4) is 17.2 Å².